The van der Waals surface area contributed by atoms with E-state index in [1.807, 2.05) is 6.92 Å². The second-order valence-corrected chi connectivity index (χ2v) is 6.81. The monoisotopic (exact) mass is 312 g/mol. The van der Waals surface area contributed by atoms with Crippen LogP contribution in [0.15, 0.2) is 20.1 Å². The number of nitrogens with two attached hydrogens (primary N) is 1. The minimum absolute atomic E-state index is 0.140. The number of sulfonamides is 1. The topological polar surface area (TPSA) is 72.2 Å². The van der Waals surface area contributed by atoms with Crippen LogP contribution in [0.25, 0.3) is 0 Å². The SMILES string of the molecule is CCC(N)CNS(=O)(=O)c1sccc1Br. The third kappa shape index (κ3) is 3.53. The van der Waals surface area contributed by atoms with Crippen LogP contribution in [0.5, 0.6) is 0 Å². The van der Waals surface area contributed by atoms with Gasteiger partial charge in [0.2, 0.25) is 0 Å². The van der Waals surface area contributed by atoms with Gasteiger partial charge >= 0.3 is 0 Å². The zero-order valence-electron chi connectivity index (χ0n) is 8.23. The van der Waals surface area contributed by atoms with Gasteiger partial charge in [0.05, 0.1) is 0 Å². The molecule has 0 bridgehead atoms. The van der Waals surface area contributed by atoms with Crippen molar-refractivity contribution < 1.29 is 8.42 Å². The summed E-state index contributed by atoms with van der Waals surface area (Å²) in [4.78, 5) is 0. The number of hydrogen-bond acceptors (Lipinski definition) is 4. The van der Waals surface area contributed by atoms with Crippen molar-refractivity contribution in [2.24, 2.45) is 5.73 Å². The fourth-order valence-electron chi connectivity index (χ4n) is 0.898. The van der Waals surface area contributed by atoms with E-state index in [1.165, 1.54) is 11.3 Å². The summed E-state index contributed by atoms with van der Waals surface area (Å²) in [5, 5.41) is 1.72. The van der Waals surface area contributed by atoms with Gasteiger partial charge in [0.25, 0.3) is 10.0 Å². The molecule has 15 heavy (non-hydrogen) atoms. The maximum Gasteiger partial charge on any atom is 0.251 e. The lowest BCUT2D eigenvalue weighted by molar-refractivity contribution is 0.565. The van der Waals surface area contributed by atoms with Crippen LogP contribution in [0, 0.1) is 0 Å². The molecule has 0 fully saturated rings. The molecular weight excluding hydrogens is 300 g/mol. The van der Waals surface area contributed by atoms with Crippen molar-refractivity contribution in [3.8, 4) is 0 Å². The molecule has 1 heterocycles. The summed E-state index contributed by atoms with van der Waals surface area (Å²) in [5.74, 6) is 0. The Labute approximate surface area is 102 Å². The first kappa shape index (κ1) is 13.1. The third-order valence-corrected chi connectivity index (χ3v) is 5.98. The molecule has 1 unspecified atom stereocenters. The molecule has 0 saturated heterocycles. The second-order valence-electron chi connectivity index (χ2n) is 3.08. The summed E-state index contributed by atoms with van der Waals surface area (Å²) in [6, 6.07) is 1.57. The summed E-state index contributed by atoms with van der Waals surface area (Å²) in [5.41, 5.74) is 5.64. The molecule has 0 aliphatic rings. The van der Waals surface area contributed by atoms with Crippen molar-refractivity contribution in [3.63, 3.8) is 0 Å². The van der Waals surface area contributed by atoms with Crippen LogP contribution in [0.3, 0.4) is 0 Å². The quantitative estimate of drug-likeness (QED) is 0.866. The highest BCUT2D eigenvalue weighted by Gasteiger charge is 2.19. The smallest absolute Gasteiger partial charge is 0.251 e. The van der Waals surface area contributed by atoms with Crippen molar-refractivity contribution in [2.75, 3.05) is 6.54 Å². The van der Waals surface area contributed by atoms with Gasteiger partial charge < -0.3 is 5.73 Å². The lowest BCUT2D eigenvalue weighted by atomic mass is 10.2. The number of rotatable bonds is 5. The van der Waals surface area contributed by atoms with E-state index in [-0.39, 0.29) is 12.6 Å². The zero-order valence-corrected chi connectivity index (χ0v) is 11.5. The Balaban J connectivity index is 2.73. The normalized spacial score (nSPS) is 14.1. The zero-order chi connectivity index (χ0) is 11.5. The van der Waals surface area contributed by atoms with Crippen molar-refractivity contribution in [3.05, 3.63) is 15.9 Å². The molecule has 0 aromatic carbocycles. The van der Waals surface area contributed by atoms with Crippen LogP contribution in [0.1, 0.15) is 13.3 Å². The summed E-state index contributed by atoms with van der Waals surface area (Å²) in [7, 11) is -3.41. The van der Waals surface area contributed by atoms with Crippen molar-refractivity contribution in [1.29, 1.82) is 0 Å². The van der Waals surface area contributed by atoms with Gasteiger partial charge in [0, 0.05) is 17.1 Å². The van der Waals surface area contributed by atoms with Crippen molar-refractivity contribution >= 4 is 37.3 Å². The molecule has 0 amide bonds. The highest BCUT2D eigenvalue weighted by Crippen LogP contribution is 2.27. The first-order chi connectivity index (χ1) is 6.97. The van der Waals surface area contributed by atoms with Gasteiger partial charge in [-0.05, 0) is 33.8 Å². The Morgan fingerprint density at radius 3 is 2.80 bits per heavy atom. The average Bonchev–Trinajstić information content (AvgIpc) is 2.61. The molecule has 86 valence electrons. The summed E-state index contributed by atoms with van der Waals surface area (Å²) in [6.45, 7) is 2.18. The van der Waals surface area contributed by atoms with Crippen LogP contribution < -0.4 is 10.5 Å². The van der Waals surface area contributed by atoms with Gasteiger partial charge in [0.1, 0.15) is 4.21 Å². The molecule has 0 radical (unpaired) electrons. The molecular formula is C8H13BrN2O2S2. The van der Waals surface area contributed by atoms with Gasteiger partial charge in [0.15, 0.2) is 0 Å². The average molecular weight is 313 g/mol. The molecule has 7 heteroatoms. The van der Waals surface area contributed by atoms with E-state index in [2.05, 4.69) is 20.7 Å². The van der Waals surface area contributed by atoms with Crippen LogP contribution in [-0.4, -0.2) is 21.0 Å². The fourth-order valence-corrected chi connectivity index (χ4v) is 4.37. The van der Waals surface area contributed by atoms with Crippen LogP contribution >= 0.6 is 27.3 Å². The summed E-state index contributed by atoms with van der Waals surface area (Å²) < 4.78 is 26.9. The Morgan fingerprint density at radius 1 is 1.67 bits per heavy atom. The highest BCUT2D eigenvalue weighted by molar-refractivity contribution is 9.10. The molecule has 3 N–H and O–H groups in total. The molecule has 1 aromatic rings. The lowest BCUT2D eigenvalue weighted by Gasteiger charge is -2.10. The third-order valence-electron chi connectivity index (χ3n) is 1.89. The van der Waals surface area contributed by atoms with Crippen LogP contribution in [0.4, 0.5) is 0 Å². The molecule has 0 saturated carbocycles. The van der Waals surface area contributed by atoms with E-state index in [0.717, 1.165) is 6.42 Å². The van der Waals surface area contributed by atoms with Crippen molar-refractivity contribution in [1.82, 2.24) is 4.72 Å². The minimum Gasteiger partial charge on any atom is -0.327 e. The second kappa shape index (κ2) is 5.40. The van der Waals surface area contributed by atoms with E-state index < -0.39 is 10.0 Å². The number of nitrogens with one attached hydrogen (secondary N) is 1. The van der Waals surface area contributed by atoms with E-state index in [4.69, 9.17) is 5.73 Å². The Hall–Kier alpha value is 0.0500. The number of thiophene rings is 1. The molecule has 4 nitrogen and oxygen atoms in total. The Kier molecular flexibility index (Phi) is 4.72. The lowest BCUT2D eigenvalue weighted by Crippen LogP contribution is -2.36. The molecule has 1 rings (SSSR count). The van der Waals surface area contributed by atoms with Gasteiger partial charge in [-0.3, -0.25) is 0 Å². The predicted octanol–water partition coefficient (Wildman–Crippen LogP) is 1.53. The fraction of sp³-hybridized carbons (Fsp3) is 0.500. The summed E-state index contributed by atoms with van der Waals surface area (Å²) in [6.07, 6.45) is 0.744. The maximum absolute atomic E-state index is 11.7. The Bertz CT molecular complexity index is 416. The van der Waals surface area contributed by atoms with Gasteiger partial charge in [-0.1, -0.05) is 6.92 Å². The molecule has 1 aromatic heterocycles. The van der Waals surface area contributed by atoms with E-state index in [9.17, 15) is 8.42 Å². The van der Waals surface area contributed by atoms with Gasteiger partial charge in [-0.2, -0.15) is 0 Å². The molecule has 1 atom stereocenters. The Morgan fingerprint density at radius 2 is 2.33 bits per heavy atom. The molecule has 0 aliphatic carbocycles. The first-order valence-corrected chi connectivity index (χ1v) is 7.61. The van der Waals surface area contributed by atoms with E-state index in [1.54, 1.807) is 11.4 Å². The highest BCUT2D eigenvalue weighted by atomic mass is 79.9. The minimum atomic E-state index is -3.41. The number of halogens is 1. The van der Waals surface area contributed by atoms with Crippen molar-refractivity contribution in [2.45, 2.75) is 23.6 Å². The van der Waals surface area contributed by atoms with Gasteiger partial charge in [-0.15, -0.1) is 11.3 Å². The molecule has 0 aliphatic heterocycles. The first-order valence-electron chi connectivity index (χ1n) is 4.45. The van der Waals surface area contributed by atoms with Crippen LogP contribution in [-0.2, 0) is 10.0 Å². The maximum atomic E-state index is 11.7. The predicted molar refractivity (Wildman–Crippen MR) is 65.5 cm³/mol. The van der Waals surface area contributed by atoms with Gasteiger partial charge in [-0.25, -0.2) is 13.1 Å². The van der Waals surface area contributed by atoms with Crippen LogP contribution in [0.2, 0.25) is 0 Å². The number of hydrogen-bond donors (Lipinski definition) is 2. The molecule has 0 spiro atoms. The summed E-state index contributed by atoms with van der Waals surface area (Å²) >= 11 is 4.36. The largest absolute Gasteiger partial charge is 0.327 e. The standard InChI is InChI=1S/C8H13BrN2O2S2/c1-2-6(10)5-11-15(12,13)8-7(9)3-4-14-8/h3-4,6,11H,2,5,10H2,1H3. The van der Waals surface area contributed by atoms with E-state index >= 15 is 0 Å². The van der Waals surface area contributed by atoms with E-state index in [0.29, 0.717) is 8.68 Å².